The molecule has 0 bridgehead atoms. The SMILES string of the molecule is CC1Cc2c(ncc3c2C(C2CC(N(Cc4ccccc4)Cc4ccccc4)C2)=NNB3O)N1. The summed E-state index contributed by atoms with van der Waals surface area (Å²) in [5.74, 6) is 1.32. The van der Waals surface area contributed by atoms with Crippen molar-refractivity contribution in [3.63, 3.8) is 0 Å². The predicted octanol–water partition coefficient (Wildman–Crippen LogP) is 2.91. The van der Waals surface area contributed by atoms with E-state index in [2.05, 4.69) is 93.2 Å². The Labute approximate surface area is 201 Å². The number of aromatic nitrogens is 1. The van der Waals surface area contributed by atoms with Crippen LogP contribution in [0.25, 0.3) is 0 Å². The van der Waals surface area contributed by atoms with Gasteiger partial charge in [-0.1, -0.05) is 60.7 Å². The third-order valence-electron chi connectivity index (χ3n) is 7.43. The molecule has 1 atom stereocenters. The third kappa shape index (κ3) is 3.99. The first kappa shape index (κ1) is 21.4. The number of hydrogen-bond acceptors (Lipinski definition) is 6. The number of nitrogens with one attached hydrogen (secondary N) is 2. The first-order chi connectivity index (χ1) is 16.7. The Morgan fingerprint density at radius 3 is 2.29 bits per heavy atom. The largest absolute Gasteiger partial charge is 0.465 e. The Kier molecular flexibility index (Phi) is 5.59. The minimum atomic E-state index is -0.795. The molecule has 34 heavy (non-hydrogen) atoms. The number of rotatable bonds is 6. The molecular formula is C27H30BN5O. The highest BCUT2D eigenvalue weighted by Gasteiger charge is 2.42. The van der Waals surface area contributed by atoms with E-state index in [1.807, 2.05) is 0 Å². The van der Waals surface area contributed by atoms with E-state index in [1.165, 1.54) is 16.7 Å². The highest BCUT2D eigenvalue weighted by atomic mass is 16.2. The highest BCUT2D eigenvalue weighted by molar-refractivity contribution is 6.66. The van der Waals surface area contributed by atoms with E-state index in [0.29, 0.717) is 18.0 Å². The Hall–Kier alpha value is -3.16. The number of hydrazone groups is 1. The molecule has 0 radical (unpaired) electrons. The molecule has 2 aliphatic heterocycles. The lowest BCUT2D eigenvalue weighted by Crippen LogP contribution is -2.54. The maximum Gasteiger partial charge on any atom is 0.465 e. The van der Waals surface area contributed by atoms with Crippen molar-refractivity contribution in [3.8, 4) is 0 Å². The molecule has 0 spiro atoms. The van der Waals surface area contributed by atoms with E-state index < -0.39 is 7.05 Å². The summed E-state index contributed by atoms with van der Waals surface area (Å²) in [6.07, 6.45) is 4.85. The molecular weight excluding hydrogens is 421 g/mol. The van der Waals surface area contributed by atoms with E-state index in [9.17, 15) is 5.02 Å². The van der Waals surface area contributed by atoms with Gasteiger partial charge >= 0.3 is 7.05 Å². The van der Waals surface area contributed by atoms with Gasteiger partial charge in [0.05, 0.1) is 5.71 Å². The molecule has 0 amide bonds. The summed E-state index contributed by atoms with van der Waals surface area (Å²) in [7, 11) is -0.795. The van der Waals surface area contributed by atoms with Crippen molar-refractivity contribution in [1.29, 1.82) is 0 Å². The maximum absolute atomic E-state index is 10.5. The van der Waals surface area contributed by atoms with Gasteiger partial charge in [0.15, 0.2) is 0 Å². The second-order valence-electron chi connectivity index (χ2n) is 9.89. The summed E-state index contributed by atoms with van der Waals surface area (Å²) in [6.45, 7) is 4.05. The average Bonchev–Trinajstić information content (AvgIpc) is 3.21. The Morgan fingerprint density at radius 2 is 1.65 bits per heavy atom. The van der Waals surface area contributed by atoms with Crippen molar-refractivity contribution in [2.75, 3.05) is 5.32 Å². The van der Waals surface area contributed by atoms with Crippen LogP contribution in [0, 0.1) is 5.92 Å². The fraction of sp³-hybridized carbons (Fsp3) is 0.333. The molecule has 3 heterocycles. The second-order valence-corrected chi connectivity index (χ2v) is 9.89. The van der Waals surface area contributed by atoms with Crippen LogP contribution in [0.2, 0.25) is 0 Å². The van der Waals surface area contributed by atoms with Crippen molar-refractivity contribution < 1.29 is 5.02 Å². The van der Waals surface area contributed by atoms with Crippen molar-refractivity contribution >= 4 is 24.0 Å². The van der Waals surface area contributed by atoms with Gasteiger partial charge in [0, 0.05) is 53.9 Å². The van der Waals surface area contributed by atoms with Crippen LogP contribution in [0.15, 0.2) is 72.0 Å². The molecule has 1 aliphatic carbocycles. The lowest BCUT2D eigenvalue weighted by Gasteiger charge is -2.44. The molecule has 7 heteroatoms. The minimum absolute atomic E-state index is 0.351. The molecule has 6 nitrogen and oxygen atoms in total. The first-order valence-corrected chi connectivity index (χ1v) is 12.3. The van der Waals surface area contributed by atoms with E-state index in [4.69, 9.17) is 0 Å². The van der Waals surface area contributed by atoms with Crippen molar-refractivity contribution in [3.05, 3.63) is 89.1 Å². The van der Waals surface area contributed by atoms with Gasteiger partial charge in [-0.3, -0.25) is 4.90 Å². The number of anilines is 1. The van der Waals surface area contributed by atoms with Gasteiger partial charge in [-0.05, 0) is 37.3 Å². The quantitative estimate of drug-likeness (QED) is 0.503. The summed E-state index contributed by atoms with van der Waals surface area (Å²) in [5, 5.41) is 21.6. The van der Waals surface area contributed by atoms with Crippen molar-refractivity contribution in [2.24, 2.45) is 11.0 Å². The second kappa shape index (κ2) is 8.89. The zero-order chi connectivity index (χ0) is 23.1. The molecule has 3 aromatic rings. The third-order valence-corrected chi connectivity index (χ3v) is 7.43. The maximum atomic E-state index is 10.5. The number of benzene rings is 2. The number of nitrogens with zero attached hydrogens (tertiary/aromatic N) is 3. The van der Waals surface area contributed by atoms with Gasteiger partial charge < -0.3 is 15.7 Å². The monoisotopic (exact) mass is 451 g/mol. The Balaban J connectivity index is 1.24. The fourth-order valence-corrected chi connectivity index (χ4v) is 5.60. The van der Waals surface area contributed by atoms with Crippen LogP contribution in [0.3, 0.4) is 0 Å². The van der Waals surface area contributed by atoms with Gasteiger partial charge in [-0.15, -0.1) is 0 Å². The Morgan fingerprint density at radius 1 is 1.00 bits per heavy atom. The molecule has 3 aliphatic rings. The standard InChI is InChI=1S/C27H30BN5O/c1-18-12-23-25-24(15-29-27(23)30-18)28(34)32-31-26(25)21-13-22(14-21)33(16-19-8-4-2-5-9-19)17-20-10-6-3-7-11-20/h2-11,15,18,21-22,32,34H,12-14,16-17H2,1H3,(H,29,30). The minimum Gasteiger partial charge on any atom is -0.428 e. The summed E-state index contributed by atoms with van der Waals surface area (Å²) in [6, 6.07) is 22.3. The van der Waals surface area contributed by atoms with Gasteiger partial charge in [-0.25, -0.2) is 4.98 Å². The van der Waals surface area contributed by atoms with Gasteiger partial charge in [0.25, 0.3) is 0 Å². The number of fused-ring (bicyclic) bond motifs is 3. The van der Waals surface area contributed by atoms with Crippen LogP contribution in [-0.4, -0.2) is 39.8 Å². The normalized spacial score (nSPS) is 22.9. The molecule has 1 aromatic heterocycles. The fourth-order valence-electron chi connectivity index (χ4n) is 5.60. The Bertz CT molecular complexity index is 1150. The van der Waals surface area contributed by atoms with E-state index in [1.54, 1.807) is 6.20 Å². The van der Waals surface area contributed by atoms with Crippen molar-refractivity contribution in [2.45, 2.75) is 51.4 Å². The summed E-state index contributed by atoms with van der Waals surface area (Å²) in [4.78, 5) is 7.18. The molecule has 1 unspecified atom stereocenters. The van der Waals surface area contributed by atoms with Crippen LogP contribution in [0.1, 0.15) is 42.0 Å². The summed E-state index contributed by atoms with van der Waals surface area (Å²) in [5.41, 5.74) is 6.96. The first-order valence-electron chi connectivity index (χ1n) is 12.3. The molecule has 1 saturated carbocycles. The van der Waals surface area contributed by atoms with Crippen LogP contribution in [-0.2, 0) is 19.5 Å². The highest BCUT2D eigenvalue weighted by Crippen LogP contribution is 2.38. The van der Waals surface area contributed by atoms with Crippen LogP contribution in [0.4, 0.5) is 5.82 Å². The van der Waals surface area contributed by atoms with Crippen LogP contribution < -0.4 is 16.1 Å². The molecule has 3 N–H and O–H groups in total. The lowest BCUT2D eigenvalue weighted by atomic mass is 9.65. The molecule has 6 rings (SSSR count). The van der Waals surface area contributed by atoms with E-state index >= 15 is 0 Å². The average molecular weight is 451 g/mol. The van der Waals surface area contributed by atoms with E-state index in [0.717, 1.165) is 54.9 Å². The molecule has 2 aromatic carbocycles. The number of pyridine rings is 1. The van der Waals surface area contributed by atoms with Gasteiger partial charge in [0.1, 0.15) is 5.82 Å². The zero-order valence-corrected chi connectivity index (χ0v) is 19.5. The topological polar surface area (TPSA) is 72.8 Å². The van der Waals surface area contributed by atoms with Gasteiger partial charge in [-0.2, -0.15) is 5.10 Å². The van der Waals surface area contributed by atoms with E-state index in [-0.39, 0.29) is 0 Å². The molecule has 1 fully saturated rings. The molecule has 172 valence electrons. The van der Waals surface area contributed by atoms with Crippen molar-refractivity contribution in [1.82, 2.24) is 15.2 Å². The smallest absolute Gasteiger partial charge is 0.428 e. The van der Waals surface area contributed by atoms with Crippen LogP contribution >= 0.6 is 0 Å². The zero-order valence-electron chi connectivity index (χ0n) is 19.5. The number of hydrogen-bond donors (Lipinski definition) is 3. The summed E-state index contributed by atoms with van der Waals surface area (Å²) < 4.78 is 0. The van der Waals surface area contributed by atoms with Gasteiger partial charge in [0.2, 0.25) is 0 Å². The predicted molar refractivity (Wildman–Crippen MR) is 137 cm³/mol. The summed E-state index contributed by atoms with van der Waals surface area (Å²) >= 11 is 0. The lowest BCUT2D eigenvalue weighted by molar-refractivity contribution is 0.0898. The molecule has 0 saturated heterocycles. The van der Waals surface area contributed by atoms with Crippen LogP contribution in [0.5, 0.6) is 0 Å².